The number of nitrogen functional groups attached to an aromatic ring is 1. The van der Waals surface area contributed by atoms with Crippen LogP contribution in [0.2, 0.25) is 0 Å². The van der Waals surface area contributed by atoms with Crippen LogP contribution in [0.15, 0.2) is 24.5 Å². The maximum absolute atomic E-state index is 14.6. The van der Waals surface area contributed by atoms with Gasteiger partial charge >= 0.3 is 0 Å². The molecule has 8 heteroatoms. The molecule has 1 aromatic heterocycles. The van der Waals surface area contributed by atoms with Gasteiger partial charge in [0.15, 0.2) is 11.6 Å². The van der Waals surface area contributed by atoms with Gasteiger partial charge in [-0.1, -0.05) is 6.07 Å². The minimum atomic E-state index is -0.414. The molecule has 0 radical (unpaired) electrons. The van der Waals surface area contributed by atoms with E-state index in [0.717, 1.165) is 36.2 Å². The Morgan fingerprint density at radius 3 is 3.04 bits per heavy atom. The molecule has 1 unspecified atom stereocenters. The number of nitrogens with zero attached hydrogens (tertiary/aromatic N) is 3. The van der Waals surface area contributed by atoms with Crippen LogP contribution >= 0.6 is 0 Å². The third-order valence-electron chi connectivity index (χ3n) is 5.72. The van der Waals surface area contributed by atoms with Gasteiger partial charge in [0.2, 0.25) is 0 Å². The lowest BCUT2D eigenvalue weighted by molar-refractivity contribution is 0.193. The molecule has 7 nitrogen and oxygen atoms in total. The number of nitrogens with one attached hydrogen (secondary N) is 1. The maximum Gasteiger partial charge on any atom is 0.168 e. The monoisotopic (exact) mass is 387 g/mol. The number of nitrogens with two attached hydrogens (primary N) is 1. The molecule has 1 aliphatic carbocycles. The predicted molar refractivity (Wildman–Crippen MR) is 105 cm³/mol. The van der Waals surface area contributed by atoms with Crippen LogP contribution in [0.1, 0.15) is 36.4 Å². The van der Waals surface area contributed by atoms with Crippen LogP contribution in [-0.4, -0.2) is 47.4 Å². The number of fused-ring (bicyclic) bond motifs is 1. The van der Waals surface area contributed by atoms with Crippen molar-refractivity contribution >= 4 is 11.6 Å². The van der Waals surface area contributed by atoms with Gasteiger partial charge in [-0.05, 0) is 42.9 Å². The van der Waals surface area contributed by atoms with Crippen LogP contribution in [0.25, 0.3) is 0 Å². The summed E-state index contributed by atoms with van der Waals surface area (Å²) in [5, 5.41) is 13.8. The summed E-state index contributed by atoms with van der Waals surface area (Å²) in [7, 11) is 1.49. The predicted octanol–water partition coefficient (Wildman–Crippen LogP) is 1.81. The molecule has 0 bridgehead atoms. The second-order valence-electron chi connectivity index (χ2n) is 7.50. The molecule has 3 atom stereocenters. The smallest absolute Gasteiger partial charge is 0.168 e. The Hall–Kier alpha value is -2.45. The highest BCUT2D eigenvalue weighted by molar-refractivity contribution is 5.48. The fourth-order valence-electron chi connectivity index (χ4n) is 4.37. The van der Waals surface area contributed by atoms with Crippen LogP contribution < -0.4 is 20.7 Å². The number of rotatable bonds is 5. The summed E-state index contributed by atoms with van der Waals surface area (Å²) in [6.07, 6.45) is 4.28. The Morgan fingerprint density at radius 2 is 2.25 bits per heavy atom. The number of aliphatic hydroxyl groups is 1. The van der Waals surface area contributed by atoms with Crippen molar-refractivity contribution < 1.29 is 14.2 Å². The summed E-state index contributed by atoms with van der Waals surface area (Å²) >= 11 is 0. The van der Waals surface area contributed by atoms with Crippen molar-refractivity contribution in [1.82, 2.24) is 15.3 Å². The summed E-state index contributed by atoms with van der Waals surface area (Å²) < 4.78 is 19.7. The lowest BCUT2D eigenvalue weighted by Gasteiger charge is -2.31. The zero-order chi connectivity index (χ0) is 19.7. The highest BCUT2D eigenvalue weighted by Crippen LogP contribution is 2.35. The lowest BCUT2D eigenvalue weighted by Crippen LogP contribution is -2.40. The van der Waals surface area contributed by atoms with Crippen molar-refractivity contribution in [2.45, 2.75) is 43.9 Å². The van der Waals surface area contributed by atoms with E-state index < -0.39 is 6.10 Å². The van der Waals surface area contributed by atoms with E-state index in [2.05, 4.69) is 20.2 Å². The molecule has 2 aliphatic rings. The van der Waals surface area contributed by atoms with Gasteiger partial charge in [0.25, 0.3) is 0 Å². The molecular formula is C20H26FN5O2. The van der Waals surface area contributed by atoms with Crippen LogP contribution in [0.3, 0.4) is 0 Å². The topological polar surface area (TPSA) is 96.5 Å². The van der Waals surface area contributed by atoms with Gasteiger partial charge in [0.05, 0.1) is 13.2 Å². The van der Waals surface area contributed by atoms with Gasteiger partial charge in [0, 0.05) is 31.2 Å². The molecule has 0 spiro atoms. The van der Waals surface area contributed by atoms with E-state index in [1.54, 1.807) is 12.1 Å². The standard InChI is InChI=1S/C20H26FN5O2/c1-28-17-6-5-14-15(20(17)21)3-2-4-16(14)23-9-12-7-13(27)10-26(12)19-8-18(22)24-11-25-19/h5-6,8,11-13,16,23,27H,2-4,7,9-10H2,1H3,(H2,22,24,25)/t12-,13-,16?/m1/s1. The molecule has 1 aliphatic heterocycles. The largest absolute Gasteiger partial charge is 0.494 e. The van der Waals surface area contributed by atoms with E-state index in [9.17, 15) is 9.50 Å². The summed E-state index contributed by atoms with van der Waals surface area (Å²) in [5.41, 5.74) is 7.53. The average molecular weight is 387 g/mol. The van der Waals surface area contributed by atoms with Gasteiger partial charge in [0.1, 0.15) is 18.0 Å². The Kier molecular flexibility index (Phi) is 5.32. The van der Waals surface area contributed by atoms with Crippen molar-refractivity contribution in [3.8, 4) is 5.75 Å². The van der Waals surface area contributed by atoms with E-state index >= 15 is 0 Å². The van der Waals surface area contributed by atoms with Crippen molar-refractivity contribution in [2.75, 3.05) is 30.8 Å². The highest BCUT2D eigenvalue weighted by atomic mass is 19.1. The van der Waals surface area contributed by atoms with Gasteiger partial charge in [-0.15, -0.1) is 0 Å². The maximum atomic E-state index is 14.6. The van der Waals surface area contributed by atoms with Gasteiger partial charge in [-0.2, -0.15) is 0 Å². The van der Waals surface area contributed by atoms with Crippen molar-refractivity contribution in [1.29, 1.82) is 0 Å². The molecule has 4 rings (SSSR count). The lowest BCUT2D eigenvalue weighted by atomic mass is 9.87. The van der Waals surface area contributed by atoms with Crippen molar-refractivity contribution in [3.63, 3.8) is 0 Å². The zero-order valence-electron chi connectivity index (χ0n) is 15.9. The van der Waals surface area contributed by atoms with E-state index in [1.807, 2.05) is 6.07 Å². The SMILES string of the molecule is COc1ccc2c(c1F)CCCC2NC[C@H]1C[C@@H](O)CN1c1cc(N)ncn1. The number of hydrogen-bond donors (Lipinski definition) is 3. The van der Waals surface area contributed by atoms with E-state index in [-0.39, 0.29) is 17.9 Å². The number of methoxy groups -OCH3 is 1. The summed E-state index contributed by atoms with van der Waals surface area (Å²) in [4.78, 5) is 10.3. The van der Waals surface area contributed by atoms with Crippen molar-refractivity contribution in [3.05, 3.63) is 41.5 Å². The third kappa shape index (κ3) is 3.62. The molecule has 1 fully saturated rings. The summed E-state index contributed by atoms with van der Waals surface area (Å²) in [6, 6.07) is 5.55. The first kappa shape index (κ1) is 18.9. The van der Waals surface area contributed by atoms with Gasteiger partial charge in [-0.25, -0.2) is 14.4 Å². The second-order valence-corrected chi connectivity index (χ2v) is 7.50. The van der Waals surface area contributed by atoms with E-state index in [4.69, 9.17) is 10.5 Å². The number of aliphatic hydroxyl groups excluding tert-OH is 1. The number of halogens is 1. The van der Waals surface area contributed by atoms with Gasteiger partial charge < -0.3 is 25.8 Å². The Morgan fingerprint density at radius 1 is 1.39 bits per heavy atom. The zero-order valence-corrected chi connectivity index (χ0v) is 15.9. The Balaban J connectivity index is 1.49. The first-order valence-electron chi connectivity index (χ1n) is 9.67. The molecule has 150 valence electrons. The molecule has 1 aromatic carbocycles. The number of hydrogen-bond acceptors (Lipinski definition) is 7. The number of ether oxygens (including phenoxy) is 1. The fourth-order valence-corrected chi connectivity index (χ4v) is 4.37. The number of benzene rings is 1. The Labute approximate surface area is 163 Å². The quantitative estimate of drug-likeness (QED) is 0.720. The number of anilines is 2. The molecule has 1 saturated heterocycles. The van der Waals surface area contributed by atoms with Crippen LogP contribution in [0.5, 0.6) is 5.75 Å². The first-order chi connectivity index (χ1) is 13.6. The van der Waals surface area contributed by atoms with E-state index in [1.165, 1.54) is 13.4 Å². The summed E-state index contributed by atoms with van der Waals surface area (Å²) in [5.74, 6) is 1.17. The second kappa shape index (κ2) is 7.89. The minimum Gasteiger partial charge on any atom is -0.494 e. The molecule has 4 N–H and O–H groups in total. The Bertz CT molecular complexity index is 849. The highest BCUT2D eigenvalue weighted by Gasteiger charge is 2.33. The molecule has 0 amide bonds. The average Bonchev–Trinajstić information content (AvgIpc) is 3.07. The van der Waals surface area contributed by atoms with Crippen LogP contribution in [0.4, 0.5) is 16.0 Å². The molecule has 2 heterocycles. The van der Waals surface area contributed by atoms with Crippen molar-refractivity contribution in [2.24, 2.45) is 0 Å². The number of aromatic nitrogens is 2. The molecule has 2 aromatic rings. The molecular weight excluding hydrogens is 361 g/mol. The number of β-amino-alcohol motifs (C(OH)–C–C–N with tert-alkyl or cyclic N) is 1. The molecule has 0 saturated carbocycles. The normalized spacial score (nSPS) is 24.2. The van der Waals surface area contributed by atoms with Gasteiger partial charge in [-0.3, -0.25) is 0 Å². The third-order valence-corrected chi connectivity index (χ3v) is 5.72. The molecule has 28 heavy (non-hydrogen) atoms. The minimum absolute atomic E-state index is 0.0813. The van der Waals surface area contributed by atoms with Crippen LogP contribution in [-0.2, 0) is 6.42 Å². The first-order valence-corrected chi connectivity index (χ1v) is 9.67. The van der Waals surface area contributed by atoms with E-state index in [0.29, 0.717) is 31.1 Å². The summed E-state index contributed by atoms with van der Waals surface area (Å²) in [6.45, 7) is 1.18. The fraction of sp³-hybridized carbons (Fsp3) is 0.500. The van der Waals surface area contributed by atoms with Crippen LogP contribution in [0, 0.1) is 5.82 Å².